The van der Waals surface area contributed by atoms with Gasteiger partial charge in [0.25, 0.3) is 0 Å². The Morgan fingerprint density at radius 1 is 1.35 bits per heavy atom. The molecule has 1 unspecified atom stereocenters. The van der Waals surface area contributed by atoms with Crippen molar-refractivity contribution >= 4 is 5.96 Å². The SMILES string of the molecule is CN=C(NCc1nc(C)c(C)o1)N1CCC(c2ccccc2)C1. The van der Waals surface area contributed by atoms with Crippen LogP contribution in [0, 0.1) is 13.8 Å². The molecule has 1 N–H and O–H groups in total. The fraction of sp³-hybridized carbons (Fsp3) is 0.444. The van der Waals surface area contributed by atoms with Crippen LogP contribution in [0.2, 0.25) is 0 Å². The summed E-state index contributed by atoms with van der Waals surface area (Å²) < 4.78 is 5.62. The van der Waals surface area contributed by atoms with Gasteiger partial charge in [-0.15, -0.1) is 0 Å². The molecule has 0 bridgehead atoms. The van der Waals surface area contributed by atoms with Crippen molar-refractivity contribution in [3.8, 4) is 0 Å². The molecule has 1 aliphatic rings. The molecular formula is C18H24N4O. The number of aryl methyl sites for hydroxylation is 2. The van der Waals surface area contributed by atoms with Gasteiger partial charge in [0.2, 0.25) is 5.89 Å². The first kappa shape index (κ1) is 15.6. The van der Waals surface area contributed by atoms with Crippen LogP contribution in [0.25, 0.3) is 0 Å². The summed E-state index contributed by atoms with van der Waals surface area (Å²) in [4.78, 5) is 11.1. The minimum Gasteiger partial charge on any atom is -0.444 e. The monoisotopic (exact) mass is 312 g/mol. The lowest BCUT2D eigenvalue weighted by Crippen LogP contribution is -2.39. The summed E-state index contributed by atoms with van der Waals surface area (Å²) in [5.41, 5.74) is 2.35. The number of likely N-dealkylation sites (tertiary alicyclic amines) is 1. The largest absolute Gasteiger partial charge is 0.444 e. The average molecular weight is 312 g/mol. The van der Waals surface area contributed by atoms with Gasteiger partial charge in [0, 0.05) is 26.1 Å². The summed E-state index contributed by atoms with van der Waals surface area (Å²) in [6, 6.07) is 10.7. The molecular weight excluding hydrogens is 288 g/mol. The van der Waals surface area contributed by atoms with Crippen LogP contribution in [0.4, 0.5) is 0 Å². The predicted octanol–water partition coefficient (Wildman–Crippen LogP) is 2.86. The number of aromatic nitrogens is 1. The van der Waals surface area contributed by atoms with E-state index in [2.05, 4.69) is 50.5 Å². The summed E-state index contributed by atoms with van der Waals surface area (Å²) in [5, 5.41) is 3.36. The maximum Gasteiger partial charge on any atom is 0.214 e. The van der Waals surface area contributed by atoms with Crippen molar-refractivity contribution in [2.24, 2.45) is 4.99 Å². The van der Waals surface area contributed by atoms with Crippen LogP contribution >= 0.6 is 0 Å². The highest BCUT2D eigenvalue weighted by molar-refractivity contribution is 5.80. The zero-order chi connectivity index (χ0) is 16.2. The Bertz CT molecular complexity index is 658. The lowest BCUT2D eigenvalue weighted by molar-refractivity contribution is 0.446. The van der Waals surface area contributed by atoms with Crippen LogP contribution in [0.1, 0.15) is 35.2 Å². The van der Waals surface area contributed by atoms with Crippen molar-refractivity contribution in [3.63, 3.8) is 0 Å². The normalized spacial score (nSPS) is 18.5. The number of oxazole rings is 1. The first-order valence-electron chi connectivity index (χ1n) is 8.11. The number of rotatable bonds is 3. The van der Waals surface area contributed by atoms with Gasteiger partial charge in [-0.05, 0) is 25.8 Å². The van der Waals surface area contributed by atoms with E-state index in [4.69, 9.17) is 4.42 Å². The van der Waals surface area contributed by atoms with Crippen LogP contribution in [0.3, 0.4) is 0 Å². The van der Waals surface area contributed by atoms with Gasteiger partial charge < -0.3 is 14.6 Å². The van der Waals surface area contributed by atoms with Crippen LogP contribution in [0.15, 0.2) is 39.7 Å². The minimum atomic E-state index is 0.563. The number of nitrogens with one attached hydrogen (secondary N) is 1. The van der Waals surface area contributed by atoms with E-state index in [0.29, 0.717) is 18.4 Å². The van der Waals surface area contributed by atoms with Gasteiger partial charge in [-0.1, -0.05) is 30.3 Å². The van der Waals surface area contributed by atoms with Crippen molar-refractivity contribution in [2.75, 3.05) is 20.1 Å². The third-order valence-electron chi connectivity index (χ3n) is 4.44. The van der Waals surface area contributed by atoms with Crippen molar-refractivity contribution in [2.45, 2.75) is 32.7 Å². The average Bonchev–Trinajstić information content (AvgIpc) is 3.17. The number of benzene rings is 1. The van der Waals surface area contributed by atoms with Crippen molar-refractivity contribution in [1.29, 1.82) is 0 Å². The maximum atomic E-state index is 5.62. The maximum absolute atomic E-state index is 5.62. The second kappa shape index (κ2) is 6.86. The van der Waals surface area contributed by atoms with Crippen molar-refractivity contribution in [3.05, 3.63) is 53.2 Å². The molecule has 122 valence electrons. The summed E-state index contributed by atoms with van der Waals surface area (Å²) in [6.07, 6.45) is 1.15. The summed E-state index contributed by atoms with van der Waals surface area (Å²) in [5.74, 6) is 3.07. The number of hydrogen-bond acceptors (Lipinski definition) is 3. The lowest BCUT2D eigenvalue weighted by atomic mass is 9.99. The van der Waals surface area contributed by atoms with Crippen LogP contribution < -0.4 is 5.32 Å². The molecule has 1 aromatic carbocycles. The zero-order valence-corrected chi connectivity index (χ0v) is 14.0. The van der Waals surface area contributed by atoms with E-state index in [9.17, 15) is 0 Å². The molecule has 2 aromatic rings. The highest BCUT2D eigenvalue weighted by Gasteiger charge is 2.26. The summed E-state index contributed by atoms with van der Waals surface area (Å²) in [6.45, 7) is 6.47. The zero-order valence-electron chi connectivity index (χ0n) is 14.0. The topological polar surface area (TPSA) is 53.7 Å². The number of nitrogens with zero attached hydrogens (tertiary/aromatic N) is 3. The molecule has 0 aliphatic carbocycles. The molecule has 0 amide bonds. The molecule has 23 heavy (non-hydrogen) atoms. The first-order chi connectivity index (χ1) is 11.2. The van der Waals surface area contributed by atoms with Gasteiger partial charge in [-0.3, -0.25) is 4.99 Å². The van der Waals surface area contributed by atoms with Gasteiger partial charge in [0.05, 0.1) is 12.2 Å². The third-order valence-corrected chi connectivity index (χ3v) is 4.44. The van der Waals surface area contributed by atoms with E-state index in [0.717, 1.165) is 36.9 Å². The van der Waals surface area contributed by atoms with E-state index < -0.39 is 0 Å². The molecule has 1 aliphatic heterocycles. The second-order valence-electron chi connectivity index (χ2n) is 5.99. The smallest absolute Gasteiger partial charge is 0.214 e. The molecule has 1 saturated heterocycles. The number of hydrogen-bond donors (Lipinski definition) is 1. The van der Waals surface area contributed by atoms with Gasteiger partial charge in [0.1, 0.15) is 5.76 Å². The van der Waals surface area contributed by atoms with Crippen LogP contribution in [-0.2, 0) is 6.54 Å². The van der Waals surface area contributed by atoms with Gasteiger partial charge in [0.15, 0.2) is 5.96 Å². The number of guanidine groups is 1. The fourth-order valence-electron chi connectivity index (χ4n) is 3.05. The molecule has 3 rings (SSSR count). The van der Waals surface area contributed by atoms with E-state index in [1.165, 1.54) is 5.56 Å². The fourth-order valence-corrected chi connectivity index (χ4v) is 3.05. The van der Waals surface area contributed by atoms with E-state index in [-0.39, 0.29) is 0 Å². The first-order valence-corrected chi connectivity index (χ1v) is 8.11. The Morgan fingerprint density at radius 2 is 2.13 bits per heavy atom. The molecule has 0 spiro atoms. The van der Waals surface area contributed by atoms with E-state index in [1.54, 1.807) is 0 Å². The predicted molar refractivity (Wildman–Crippen MR) is 91.5 cm³/mol. The second-order valence-corrected chi connectivity index (χ2v) is 5.99. The summed E-state index contributed by atoms with van der Waals surface area (Å²) >= 11 is 0. The standard InChI is InChI=1S/C18H24N4O/c1-13-14(2)23-17(21-13)11-20-18(19-3)22-10-9-16(12-22)15-7-5-4-6-8-15/h4-8,16H,9-12H2,1-3H3,(H,19,20). The summed E-state index contributed by atoms with van der Waals surface area (Å²) in [7, 11) is 1.82. The molecule has 2 heterocycles. The molecule has 1 fully saturated rings. The van der Waals surface area contributed by atoms with Crippen molar-refractivity contribution in [1.82, 2.24) is 15.2 Å². The molecule has 5 heteroatoms. The molecule has 0 saturated carbocycles. The minimum absolute atomic E-state index is 0.563. The van der Waals surface area contributed by atoms with Gasteiger partial charge in [-0.2, -0.15) is 0 Å². The van der Waals surface area contributed by atoms with Gasteiger partial charge in [-0.25, -0.2) is 4.98 Å². The van der Waals surface area contributed by atoms with Gasteiger partial charge >= 0.3 is 0 Å². The Morgan fingerprint density at radius 3 is 2.78 bits per heavy atom. The van der Waals surface area contributed by atoms with Crippen LogP contribution in [0.5, 0.6) is 0 Å². The Labute approximate surface area is 137 Å². The third kappa shape index (κ3) is 3.55. The van der Waals surface area contributed by atoms with Crippen molar-refractivity contribution < 1.29 is 4.42 Å². The van der Waals surface area contributed by atoms with E-state index >= 15 is 0 Å². The molecule has 1 atom stereocenters. The van der Waals surface area contributed by atoms with Crippen LogP contribution in [-0.4, -0.2) is 36.0 Å². The molecule has 0 radical (unpaired) electrons. The van der Waals surface area contributed by atoms with E-state index in [1.807, 2.05) is 20.9 Å². The molecule has 1 aromatic heterocycles. The Hall–Kier alpha value is -2.30. The Balaban J connectivity index is 1.59. The molecule has 5 nitrogen and oxygen atoms in total. The Kier molecular flexibility index (Phi) is 4.65. The quantitative estimate of drug-likeness (QED) is 0.699. The highest BCUT2D eigenvalue weighted by atomic mass is 16.4. The lowest BCUT2D eigenvalue weighted by Gasteiger charge is -2.21. The highest BCUT2D eigenvalue weighted by Crippen LogP contribution is 2.26. The number of aliphatic imine (C=N–C) groups is 1.